The molecule has 4 nitrogen and oxygen atoms in total. The number of alkyl halides is 3. The lowest BCUT2D eigenvalue weighted by atomic mass is 10.2. The third-order valence-electron chi connectivity index (χ3n) is 2.38. The summed E-state index contributed by atoms with van der Waals surface area (Å²) in [6.07, 6.45) is -5.25. The SMILES string of the molecule is CCOC(=O)c1ccc(OCCCC(F)(F)F)c(N)c1. The van der Waals surface area contributed by atoms with Crippen LogP contribution >= 0.6 is 0 Å². The number of nitrogens with two attached hydrogens (primary N) is 1. The molecule has 112 valence electrons. The summed E-state index contributed by atoms with van der Waals surface area (Å²) < 4.78 is 45.8. The van der Waals surface area contributed by atoms with Gasteiger partial charge >= 0.3 is 12.1 Å². The minimum Gasteiger partial charge on any atom is -0.491 e. The van der Waals surface area contributed by atoms with Gasteiger partial charge in [-0.1, -0.05) is 0 Å². The molecule has 0 unspecified atom stereocenters. The molecule has 0 fully saturated rings. The summed E-state index contributed by atoms with van der Waals surface area (Å²) >= 11 is 0. The van der Waals surface area contributed by atoms with E-state index in [9.17, 15) is 18.0 Å². The summed E-state index contributed by atoms with van der Waals surface area (Å²) in [6, 6.07) is 4.26. The van der Waals surface area contributed by atoms with E-state index < -0.39 is 18.6 Å². The number of carbonyl (C=O) groups excluding carboxylic acids is 1. The van der Waals surface area contributed by atoms with Crippen LogP contribution in [0.15, 0.2) is 18.2 Å². The smallest absolute Gasteiger partial charge is 0.389 e. The van der Waals surface area contributed by atoms with Crippen molar-refractivity contribution in [3.05, 3.63) is 23.8 Å². The summed E-state index contributed by atoms with van der Waals surface area (Å²) in [4.78, 5) is 11.4. The lowest BCUT2D eigenvalue weighted by Crippen LogP contribution is -2.10. The Morgan fingerprint density at radius 2 is 2.05 bits per heavy atom. The number of anilines is 1. The number of hydrogen-bond acceptors (Lipinski definition) is 4. The van der Waals surface area contributed by atoms with Crippen LogP contribution in [-0.4, -0.2) is 25.4 Å². The van der Waals surface area contributed by atoms with Crippen LogP contribution in [0, 0.1) is 0 Å². The number of esters is 1. The van der Waals surface area contributed by atoms with Gasteiger partial charge < -0.3 is 15.2 Å². The van der Waals surface area contributed by atoms with Crippen molar-refractivity contribution in [3.8, 4) is 5.75 Å². The molecule has 7 heteroatoms. The highest BCUT2D eigenvalue weighted by Crippen LogP contribution is 2.25. The summed E-state index contributed by atoms with van der Waals surface area (Å²) in [7, 11) is 0. The van der Waals surface area contributed by atoms with Gasteiger partial charge in [0.05, 0.1) is 24.5 Å². The first-order chi connectivity index (χ1) is 9.33. The zero-order valence-corrected chi connectivity index (χ0v) is 11.0. The van der Waals surface area contributed by atoms with Crippen LogP contribution < -0.4 is 10.5 Å². The van der Waals surface area contributed by atoms with Crippen LogP contribution in [-0.2, 0) is 4.74 Å². The predicted molar refractivity (Wildman–Crippen MR) is 67.6 cm³/mol. The summed E-state index contributed by atoms with van der Waals surface area (Å²) in [5, 5.41) is 0. The van der Waals surface area contributed by atoms with Gasteiger partial charge in [-0.15, -0.1) is 0 Å². The van der Waals surface area contributed by atoms with Crippen molar-refractivity contribution in [3.63, 3.8) is 0 Å². The van der Waals surface area contributed by atoms with Crippen LogP contribution in [0.3, 0.4) is 0 Å². The first-order valence-electron chi connectivity index (χ1n) is 6.09. The monoisotopic (exact) mass is 291 g/mol. The van der Waals surface area contributed by atoms with Crippen LogP contribution in [0.5, 0.6) is 5.75 Å². The molecular formula is C13H16F3NO3. The maximum absolute atomic E-state index is 11.9. The molecule has 20 heavy (non-hydrogen) atoms. The Bertz CT molecular complexity index is 461. The molecule has 0 aliphatic carbocycles. The Kier molecular flexibility index (Phi) is 5.66. The molecule has 0 atom stereocenters. The number of hydrogen-bond donors (Lipinski definition) is 1. The fourth-order valence-electron chi connectivity index (χ4n) is 1.48. The predicted octanol–water partition coefficient (Wildman–Crippen LogP) is 3.17. The van der Waals surface area contributed by atoms with Crippen molar-refractivity contribution in [2.24, 2.45) is 0 Å². The van der Waals surface area contributed by atoms with E-state index in [4.69, 9.17) is 15.2 Å². The lowest BCUT2D eigenvalue weighted by Gasteiger charge is -2.11. The van der Waals surface area contributed by atoms with E-state index in [1.54, 1.807) is 6.92 Å². The van der Waals surface area contributed by atoms with Gasteiger partial charge in [0.25, 0.3) is 0 Å². The molecule has 1 rings (SSSR count). The van der Waals surface area contributed by atoms with Crippen molar-refractivity contribution >= 4 is 11.7 Å². The van der Waals surface area contributed by atoms with Gasteiger partial charge in [-0.3, -0.25) is 0 Å². The number of nitrogen functional groups attached to an aromatic ring is 1. The molecule has 0 aliphatic rings. The lowest BCUT2D eigenvalue weighted by molar-refractivity contribution is -0.136. The Hall–Kier alpha value is -1.92. The molecule has 0 spiro atoms. The van der Waals surface area contributed by atoms with Crippen LogP contribution in [0.4, 0.5) is 18.9 Å². The molecule has 1 aromatic carbocycles. The quantitative estimate of drug-likeness (QED) is 0.497. The molecular weight excluding hydrogens is 275 g/mol. The number of benzene rings is 1. The zero-order valence-electron chi connectivity index (χ0n) is 11.0. The van der Waals surface area contributed by atoms with Crippen molar-refractivity contribution < 1.29 is 27.4 Å². The third kappa shape index (κ3) is 5.38. The van der Waals surface area contributed by atoms with Gasteiger partial charge in [-0.25, -0.2) is 4.79 Å². The number of halogens is 3. The standard InChI is InChI=1S/C13H16F3NO3/c1-2-19-12(18)9-4-5-11(10(17)8-9)20-7-3-6-13(14,15)16/h4-5,8H,2-3,6-7,17H2,1H3. The van der Waals surface area contributed by atoms with Gasteiger partial charge in [-0.2, -0.15) is 13.2 Å². The van der Waals surface area contributed by atoms with Gasteiger partial charge in [0.15, 0.2) is 0 Å². The molecule has 0 saturated heterocycles. The highest BCUT2D eigenvalue weighted by atomic mass is 19.4. The first kappa shape index (κ1) is 16.1. The van der Waals surface area contributed by atoms with E-state index in [0.29, 0.717) is 0 Å². The second-order valence-corrected chi connectivity index (χ2v) is 4.04. The number of carbonyl (C=O) groups is 1. The Balaban J connectivity index is 2.54. The van der Waals surface area contributed by atoms with Crippen LogP contribution in [0.2, 0.25) is 0 Å². The van der Waals surface area contributed by atoms with Crippen molar-refractivity contribution in [1.29, 1.82) is 0 Å². The second-order valence-electron chi connectivity index (χ2n) is 4.04. The maximum atomic E-state index is 11.9. The van der Waals surface area contributed by atoms with Crippen LogP contribution in [0.25, 0.3) is 0 Å². The molecule has 0 saturated carbocycles. The topological polar surface area (TPSA) is 61.5 Å². The Morgan fingerprint density at radius 1 is 1.35 bits per heavy atom. The summed E-state index contributed by atoms with van der Waals surface area (Å²) in [5.74, 6) is -0.261. The first-order valence-corrected chi connectivity index (χ1v) is 6.09. The molecule has 0 heterocycles. The molecule has 0 amide bonds. The normalized spacial score (nSPS) is 11.2. The minimum absolute atomic E-state index is 0.0948. The van der Waals surface area contributed by atoms with Crippen molar-refractivity contribution in [2.75, 3.05) is 18.9 Å². The zero-order chi connectivity index (χ0) is 15.2. The summed E-state index contributed by atoms with van der Waals surface area (Å²) in [5.41, 5.74) is 6.12. The largest absolute Gasteiger partial charge is 0.491 e. The molecule has 0 aliphatic heterocycles. The van der Waals surface area contributed by atoms with E-state index in [1.807, 2.05) is 0 Å². The van der Waals surface area contributed by atoms with Crippen molar-refractivity contribution in [2.45, 2.75) is 25.9 Å². The second kappa shape index (κ2) is 7.02. The molecule has 0 bridgehead atoms. The fourth-order valence-corrected chi connectivity index (χ4v) is 1.48. The average molecular weight is 291 g/mol. The number of ether oxygens (including phenoxy) is 2. The maximum Gasteiger partial charge on any atom is 0.389 e. The Morgan fingerprint density at radius 3 is 2.60 bits per heavy atom. The summed E-state index contributed by atoms with van der Waals surface area (Å²) in [6.45, 7) is 1.83. The molecule has 2 N–H and O–H groups in total. The average Bonchev–Trinajstić information content (AvgIpc) is 2.35. The fraction of sp³-hybridized carbons (Fsp3) is 0.462. The van der Waals surface area contributed by atoms with Crippen molar-refractivity contribution in [1.82, 2.24) is 0 Å². The minimum atomic E-state index is -4.19. The highest BCUT2D eigenvalue weighted by molar-refractivity contribution is 5.91. The van der Waals surface area contributed by atoms with E-state index in [2.05, 4.69) is 0 Å². The van der Waals surface area contributed by atoms with Gasteiger partial charge in [-0.05, 0) is 31.5 Å². The Labute approximate surface area is 114 Å². The number of rotatable bonds is 6. The van der Waals surface area contributed by atoms with Gasteiger partial charge in [0, 0.05) is 6.42 Å². The van der Waals surface area contributed by atoms with E-state index in [0.717, 1.165) is 0 Å². The van der Waals surface area contributed by atoms with E-state index >= 15 is 0 Å². The van der Waals surface area contributed by atoms with E-state index in [1.165, 1.54) is 18.2 Å². The third-order valence-corrected chi connectivity index (χ3v) is 2.38. The molecule has 0 radical (unpaired) electrons. The molecule has 1 aromatic rings. The molecule has 0 aromatic heterocycles. The van der Waals surface area contributed by atoms with Crippen LogP contribution in [0.1, 0.15) is 30.1 Å². The van der Waals surface area contributed by atoms with Gasteiger partial charge in [0.2, 0.25) is 0 Å². The highest BCUT2D eigenvalue weighted by Gasteiger charge is 2.26. The van der Waals surface area contributed by atoms with Gasteiger partial charge in [0.1, 0.15) is 5.75 Å². The van der Waals surface area contributed by atoms with E-state index in [-0.39, 0.29) is 36.6 Å².